The molecule has 6 nitrogen and oxygen atoms in total. The first-order chi connectivity index (χ1) is 14.3. The minimum atomic E-state index is -0.938. The summed E-state index contributed by atoms with van der Waals surface area (Å²) in [7, 11) is 0. The monoisotopic (exact) mass is 404 g/mol. The van der Waals surface area contributed by atoms with Gasteiger partial charge in [0.2, 0.25) is 0 Å². The number of carboxylic acid groups (broad SMARTS) is 1. The fourth-order valence-corrected chi connectivity index (χ4v) is 3.37. The molecule has 0 amide bonds. The second-order valence-electron chi connectivity index (χ2n) is 6.99. The van der Waals surface area contributed by atoms with Gasteiger partial charge in [0.05, 0.1) is 23.4 Å². The highest BCUT2D eigenvalue weighted by Gasteiger charge is 2.13. The number of esters is 1. The number of nitrogens with zero attached hydrogens (tertiary/aromatic N) is 2. The van der Waals surface area contributed by atoms with Crippen molar-refractivity contribution in [3.05, 3.63) is 82.2 Å². The fourth-order valence-electron chi connectivity index (χ4n) is 3.37. The molecular weight excluding hydrogens is 380 g/mol. The Morgan fingerprint density at radius 3 is 2.30 bits per heavy atom. The zero-order valence-corrected chi connectivity index (χ0v) is 17.5. The van der Waals surface area contributed by atoms with Gasteiger partial charge in [-0.1, -0.05) is 0 Å². The van der Waals surface area contributed by atoms with E-state index in [1.807, 2.05) is 32.9 Å². The summed E-state index contributed by atoms with van der Waals surface area (Å²) in [5.74, 6) is -1.28. The molecule has 0 unspecified atom stereocenters. The van der Waals surface area contributed by atoms with Crippen LogP contribution in [-0.4, -0.2) is 34.4 Å². The van der Waals surface area contributed by atoms with Crippen molar-refractivity contribution in [2.75, 3.05) is 6.61 Å². The van der Waals surface area contributed by atoms with Gasteiger partial charge in [-0.25, -0.2) is 9.59 Å². The molecule has 3 rings (SSSR count). The molecule has 154 valence electrons. The summed E-state index contributed by atoms with van der Waals surface area (Å²) in [6.07, 6.45) is 1.79. The normalized spacial score (nSPS) is 11.1. The number of carbonyl (C=O) groups is 2. The highest BCUT2D eigenvalue weighted by atomic mass is 16.5. The molecular formula is C24H24N2O4. The van der Waals surface area contributed by atoms with Crippen LogP contribution in [-0.2, 0) is 4.74 Å². The van der Waals surface area contributed by atoms with Gasteiger partial charge in [-0.15, -0.1) is 0 Å². The van der Waals surface area contributed by atoms with E-state index in [0.717, 1.165) is 33.9 Å². The van der Waals surface area contributed by atoms with Crippen LogP contribution in [0, 0.1) is 20.8 Å². The largest absolute Gasteiger partial charge is 0.478 e. The summed E-state index contributed by atoms with van der Waals surface area (Å²) in [4.78, 5) is 27.5. The Kier molecular flexibility index (Phi) is 6.16. The Bertz CT molecular complexity index is 1120. The van der Waals surface area contributed by atoms with E-state index in [1.54, 1.807) is 49.5 Å². The van der Waals surface area contributed by atoms with Gasteiger partial charge in [0, 0.05) is 28.9 Å². The molecule has 0 atom stereocenters. The lowest BCUT2D eigenvalue weighted by molar-refractivity contribution is 0.0526. The summed E-state index contributed by atoms with van der Waals surface area (Å²) >= 11 is 0. The van der Waals surface area contributed by atoms with Crippen molar-refractivity contribution in [2.45, 2.75) is 27.7 Å². The average molecular weight is 404 g/mol. The third-order valence-electron chi connectivity index (χ3n) is 4.89. The van der Waals surface area contributed by atoms with E-state index >= 15 is 0 Å². The molecule has 3 aromatic rings. The van der Waals surface area contributed by atoms with Crippen LogP contribution in [0.5, 0.6) is 0 Å². The molecule has 0 aliphatic carbocycles. The van der Waals surface area contributed by atoms with Gasteiger partial charge in [0.15, 0.2) is 0 Å². The summed E-state index contributed by atoms with van der Waals surface area (Å²) in [5, 5.41) is 9.19. The first kappa shape index (κ1) is 21.0. The molecule has 0 aliphatic rings. The van der Waals surface area contributed by atoms with Crippen molar-refractivity contribution in [3.63, 3.8) is 0 Å². The number of hydrogen-bond acceptors (Lipinski definition) is 4. The molecule has 0 fully saturated rings. The second kappa shape index (κ2) is 8.78. The third kappa shape index (κ3) is 4.33. The number of hydrogen-bond donors (Lipinski definition) is 1. The molecule has 1 heterocycles. The number of ether oxygens (including phenoxy) is 1. The SMILES string of the molecule is CCOC(=O)c1ccc(N=Cc2cc(C)n(-c3ccc(C(=O)O)cc3C)c2C)cc1. The van der Waals surface area contributed by atoms with E-state index < -0.39 is 5.97 Å². The van der Waals surface area contributed by atoms with Crippen LogP contribution in [0.4, 0.5) is 5.69 Å². The maximum Gasteiger partial charge on any atom is 0.338 e. The fraction of sp³-hybridized carbons (Fsp3) is 0.208. The molecule has 6 heteroatoms. The average Bonchev–Trinajstić information content (AvgIpc) is 3.00. The summed E-state index contributed by atoms with van der Waals surface area (Å²) in [6.45, 7) is 8.02. The lowest BCUT2D eigenvalue weighted by atomic mass is 10.1. The summed E-state index contributed by atoms with van der Waals surface area (Å²) in [6, 6.07) is 14.1. The molecule has 0 spiro atoms. The lowest BCUT2D eigenvalue weighted by Crippen LogP contribution is -2.04. The zero-order valence-electron chi connectivity index (χ0n) is 17.5. The molecule has 0 saturated carbocycles. The molecule has 0 saturated heterocycles. The second-order valence-corrected chi connectivity index (χ2v) is 6.99. The van der Waals surface area contributed by atoms with Gasteiger partial charge in [0.25, 0.3) is 0 Å². The Morgan fingerprint density at radius 1 is 1.03 bits per heavy atom. The predicted octanol–water partition coefficient (Wildman–Crippen LogP) is 5.03. The Morgan fingerprint density at radius 2 is 1.70 bits per heavy atom. The van der Waals surface area contributed by atoms with Crippen molar-refractivity contribution in [3.8, 4) is 5.69 Å². The Balaban J connectivity index is 1.87. The number of rotatable bonds is 6. The van der Waals surface area contributed by atoms with Gasteiger partial charge in [-0.3, -0.25) is 4.99 Å². The van der Waals surface area contributed by atoms with Crippen molar-refractivity contribution < 1.29 is 19.4 Å². The van der Waals surface area contributed by atoms with E-state index in [4.69, 9.17) is 4.74 Å². The Hall–Kier alpha value is -3.67. The highest BCUT2D eigenvalue weighted by molar-refractivity contribution is 5.90. The zero-order chi connectivity index (χ0) is 21.8. The summed E-state index contributed by atoms with van der Waals surface area (Å²) < 4.78 is 7.08. The van der Waals surface area contributed by atoms with E-state index in [9.17, 15) is 14.7 Å². The van der Waals surface area contributed by atoms with Gasteiger partial charge < -0.3 is 14.4 Å². The van der Waals surface area contributed by atoms with E-state index in [2.05, 4.69) is 9.56 Å². The van der Waals surface area contributed by atoms with Gasteiger partial charge in [-0.2, -0.15) is 0 Å². The number of benzene rings is 2. The number of aromatic nitrogens is 1. The number of aliphatic imine (C=N–C) groups is 1. The van der Waals surface area contributed by atoms with Gasteiger partial charge in [0.1, 0.15) is 0 Å². The van der Waals surface area contributed by atoms with Crippen LogP contribution in [0.2, 0.25) is 0 Å². The smallest absolute Gasteiger partial charge is 0.338 e. The Labute approximate surface area is 175 Å². The van der Waals surface area contributed by atoms with E-state index in [-0.39, 0.29) is 11.5 Å². The quantitative estimate of drug-likeness (QED) is 0.462. The highest BCUT2D eigenvalue weighted by Crippen LogP contribution is 2.24. The molecule has 1 N–H and O–H groups in total. The van der Waals surface area contributed by atoms with Crippen molar-refractivity contribution in [2.24, 2.45) is 4.99 Å². The minimum Gasteiger partial charge on any atom is -0.478 e. The maximum absolute atomic E-state index is 11.7. The van der Waals surface area contributed by atoms with Gasteiger partial charge >= 0.3 is 11.9 Å². The molecule has 0 bridgehead atoms. The van der Waals surface area contributed by atoms with Crippen LogP contribution < -0.4 is 0 Å². The first-order valence-corrected chi connectivity index (χ1v) is 9.66. The molecule has 0 radical (unpaired) electrons. The number of aryl methyl sites for hydroxylation is 2. The van der Waals surface area contributed by atoms with Crippen LogP contribution >= 0.6 is 0 Å². The number of carboxylic acids is 1. The topological polar surface area (TPSA) is 80.9 Å². The summed E-state index contributed by atoms with van der Waals surface area (Å²) in [5.41, 5.74) is 6.31. The van der Waals surface area contributed by atoms with E-state index in [0.29, 0.717) is 12.2 Å². The predicted molar refractivity (Wildman–Crippen MR) is 117 cm³/mol. The minimum absolute atomic E-state index is 0.270. The number of aromatic carboxylic acids is 1. The first-order valence-electron chi connectivity index (χ1n) is 9.66. The molecule has 0 aliphatic heterocycles. The standard InChI is InChI=1S/C24H24N2O4/c1-5-30-24(29)18-6-9-21(10-7-18)25-14-20-13-16(3)26(17(20)4)22-11-8-19(23(27)28)12-15(22)2/h6-14H,5H2,1-4H3,(H,27,28). The number of carbonyl (C=O) groups excluding carboxylic acids is 1. The van der Waals surface area contributed by atoms with Gasteiger partial charge in [-0.05, 0) is 81.8 Å². The molecule has 1 aromatic heterocycles. The van der Waals surface area contributed by atoms with Crippen molar-refractivity contribution >= 4 is 23.8 Å². The van der Waals surface area contributed by atoms with E-state index in [1.165, 1.54) is 0 Å². The van der Waals surface area contributed by atoms with Crippen LogP contribution in [0.1, 0.15) is 50.2 Å². The lowest BCUT2D eigenvalue weighted by Gasteiger charge is -2.13. The van der Waals surface area contributed by atoms with Crippen molar-refractivity contribution in [1.82, 2.24) is 4.57 Å². The van der Waals surface area contributed by atoms with Crippen LogP contribution in [0.3, 0.4) is 0 Å². The molecule has 30 heavy (non-hydrogen) atoms. The van der Waals surface area contributed by atoms with Crippen LogP contribution in [0.15, 0.2) is 53.5 Å². The third-order valence-corrected chi connectivity index (χ3v) is 4.89. The van der Waals surface area contributed by atoms with Crippen molar-refractivity contribution in [1.29, 1.82) is 0 Å². The molecule has 2 aromatic carbocycles. The maximum atomic E-state index is 11.7. The van der Waals surface area contributed by atoms with Crippen LogP contribution in [0.25, 0.3) is 5.69 Å².